The number of methoxy groups -OCH3 is 4. The van der Waals surface area contributed by atoms with Crippen LogP contribution < -0.4 is 29.0 Å². The van der Waals surface area contributed by atoms with Gasteiger partial charge in [-0.1, -0.05) is 97.1 Å². The van der Waals surface area contributed by atoms with E-state index in [9.17, 15) is 0 Å². The molecule has 0 fully saturated rings. The number of para-hydroxylation sites is 3. The lowest BCUT2D eigenvalue weighted by Gasteiger charge is -2.21. The van der Waals surface area contributed by atoms with Gasteiger partial charge in [0, 0.05) is 24.3 Å². The van der Waals surface area contributed by atoms with Crippen molar-refractivity contribution in [3.05, 3.63) is 174 Å². The summed E-state index contributed by atoms with van der Waals surface area (Å²) in [7, 11) is 6.59. The van der Waals surface area contributed by atoms with Gasteiger partial charge in [-0.15, -0.1) is 0 Å². The van der Waals surface area contributed by atoms with E-state index in [-0.39, 0.29) is 0 Å². The van der Waals surface area contributed by atoms with Crippen LogP contribution in [0.3, 0.4) is 0 Å². The molecule has 282 valence electrons. The quantitative estimate of drug-likeness (QED) is 0.0773. The van der Waals surface area contributed by atoms with Gasteiger partial charge in [0.1, 0.15) is 0 Å². The van der Waals surface area contributed by atoms with Gasteiger partial charge in [-0.2, -0.15) is 10.2 Å². The second-order valence-corrected chi connectivity index (χ2v) is 12.8. The molecule has 6 rings (SSSR count). The summed E-state index contributed by atoms with van der Waals surface area (Å²) in [5, 5.41) is 13.8. The Labute approximate surface area is 325 Å². The van der Waals surface area contributed by atoms with Crippen LogP contribution in [-0.4, -0.2) is 39.9 Å². The summed E-state index contributed by atoms with van der Waals surface area (Å²) in [4.78, 5) is 0. The number of hydrogen-bond acceptors (Lipinski definition) is 8. The van der Waals surface area contributed by atoms with Crippen molar-refractivity contribution in [2.45, 2.75) is 33.2 Å². The lowest BCUT2D eigenvalue weighted by atomic mass is 10.1. The number of anilines is 3. The number of benzene rings is 6. The summed E-state index contributed by atoms with van der Waals surface area (Å²) in [6, 6.07) is 52.9. The zero-order chi connectivity index (χ0) is 38.8. The third-order valence-corrected chi connectivity index (χ3v) is 8.61. The van der Waals surface area contributed by atoms with E-state index in [1.807, 2.05) is 114 Å². The maximum absolute atomic E-state index is 5.41. The maximum Gasteiger partial charge on any atom is 0.160 e. The van der Waals surface area contributed by atoms with Gasteiger partial charge in [0.2, 0.25) is 0 Å². The van der Waals surface area contributed by atoms with Crippen LogP contribution in [0, 0.1) is 0 Å². The lowest BCUT2D eigenvalue weighted by molar-refractivity contribution is 0.354. The Morgan fingerprint density at radius 2 is 0.800 bits per heavy atom. The number of nitrogens with zero attached hydrogens (tertiary/aromatic N) is 4. The average molecular weight is 735 g/mol. The molecule has 0 aliphatic carbocycles. The van der Waals surface area contributed by atoms with Crippen molar-refractivity contribution < 1.29 is 18.9 Å². The van der Waals surface area contributed by atoms with E-state index in [2.05, 4.69) is 67.6 Å². The fourth-order valence-corrected chi connectivity index (χ4v) is 5.96. The molecule has 0 atom stereocenters. The van der Waals surface area contributed by atoms with Crippen LogP contribution in [-0.2, 0) is 19.4 Å². The molecule has 8 heteroatoms. The van der Waals surface area contributed by atoms with E-state index < -0.39 is 0 Å². The molecule has 0 aromatic heterocycles. The molecule has 0 unspecified atom stereocenters. The Balaban J connectivity index is 0.000000211. The normalized spacial score (nSPS) is 11.2. The highest BCUT2D eigenvalue weighted by Gasteiger charge is 2.11. The van der Waals surface area contributed by atoms with E-state index in [4.69, 9.17) is 29.2 Å². The van der Waals surface area contributed by atoms with Crippen LogP contribution >= 0.6 is 0 Å². The lowest BCUT2D eigenvalue weighted by Crippen LogP contribution is -2.18. The first-order valence-corrected chi connectivity index (χ1v) is 18.2. The first kappa shape index (κ1) is 39.7. The van der Waals surface area contributed by atoms with E-state index in [1.165, 1.54) is 5.56 Å². The minimum atomic E-state index is 0.716. The molecule has 0 radical (unpaired) electrons. The third kappa shape index (κ3) is 11.7. The van der Waals surface area contributed by atoms with Gasteiger partial charge in [-0.3, -0.25) is 5.01 Å². The van der Waals surface area contributed by atoms with Gasteiger partial charge in [0.15, 0.2) is 23.0 Å². The van der Waals surface area contributed by atoms with Gasteiger partial charge < -0.3 is 18.9 Å². The predicted octanol–water partition coefficient (Wildman–Crippen LogP) is 10.8. The van der Waals surface area contributed by atoms with Gasteiger partial charge in [-0.25, -0.2) is 5.01 Å². The highest BCUT2D eigenvalue weighted by atomic mass is 16.5. The largest absolute Gasteiger partial charge is 0.493 e. The monoisotopic (exact) mass is 734 g/mol. The molecular weight excluding hydrogens is 685 g/mol. The van der Waals surface area contributed by atoms with Crippen LogP contribution in [0.4, 0.5) is 17.1 Å². The molecule has 0 amide bonds. The zero-order valence-electron chi connectivity index (χ0n) is 32.6. The van der Waals surface area contributed by atoms with Gasteiger partial charge in [-0.05, 0) is 91.2 Å². The van der Waals surface area contributed by atoms with E-state index in [1.54, 1.807) is 28.4 Å². The number of hydrogen-bond donors (Lipinski definition) is 0. The summed E-state index contributed by atoms with van der Waals surface area (Å²) in [5.41, 5.74) is 8.60. The van der Waals surface area contributed by atoms with E-state index >= 15 is 0 Å². The van der Waals surface area contributed by atoms with Gasteiger partial charge in [0.05, 0.1) is 52.0 Å². The highest BCUT2D eigenvalue weighted by molar-refractivity contribution is 5.86. The molecule has 0 saturated carbocycles. The molecule has 6 aromatic rings. The second kappa shape index (κ2) is 20.6. The Hall–Kier alpha value is -6.54. The van der Waals surface area contributed by atoms with Crippen molar-refractivity contribution in [2.75, 3.05) is 38.5 Å². The molecule has 55 heavy (non-hydrogen) atoms. The van der Waals surface area contributed by atoms with Crippen molar-refractivity contribution in [1.82, 2.24) is 0 Å². The first-order valence-electron chi connectivity index (χ1n) is 18.2. The van der Waals surface area contributed by atoms with Crippen molar-refractivity contribution >= 4 is 28.5 Å². The Bertz CT molecular complexity index is 2070. The number of ether oxygens (including phenoxy) is 4. The van der Waals surface area contributed by atoms with Crippen LogP contribution in [0.25, 0.3) is 0 Å². The SMILES string of the molecule is COc1ccc(C/C(C)=N/N(Cc2ccccc2)c2ccccc2)cc1OC.COc1ccc(C/C(C)=N/N(c2ccccc2)c2ccccc2)cc1OC. The molecule has 0 N–H and O–H groups in total. The smallest absolute Gasteiger partial charge is 0.160 e. The summed E-state index contributed by atoms with van der Waals surface area (Å²) in [5.74, 6) is 2.92. The highest BCUT2D eigenvalue weighted by Crippen LogP contribution is 2.30. The first-order chi connectivity index (χ1) is 26.9. The van der Waals surface area contributed by atoms with Crippen molar-refractivity contribution in [3.63, 3.8) is 0 Å². The summed E-state index contributed by atoms with van der Waals surface area (Å²) in [6.07, 6.45) is 1.45. The molecular formula is C47H50N4O4. The van der Waals surface area contributed by atoms with Crippen LogP contribution in [0.5, 0.6) is 23.0 Å². The van der Waals surface area contributed by atoms with Crippen molar-refractivity contribution in [1.29, 1.82) is 0 Å². The predicted molar refractivity (Wildman–Crippen MR) is 227 cm³/mol. The van der Waals surface area contributed by atoms with Crippen LogP contribution in [0.1, 0.15) is 30.5 Å². The Kier molecular flexibility index (Phi) is 14.9. The second-order valence-electron chi connectivity index (χ2n) is 12.8. The molecule has 0 spiro atoms. The van der Waals surface area contributed by atoms with Crippen LogP contribution in [0.15, 0.2) is 168 Å². The molecule has 0 aliphatic rings. The molecule has 6 aromatic carbocycles. The van der Waals surface area contributed by atoms with E-state index in [0.29, 0.717) is 6.54 Å². The molecule has 0 heterocycles. The molecule has 8 nitrogen and oxygen atoms in total. The van der Waals surface area contributed by atoms with Crippen molar-refractivity contribution in [3.8, 4) is 23.0 Å². The third-order valence-electron chi connectivity index (χ3n) is 8.61. The Morgan fingerprint density at radius 1 is 0.418 bits per heavy atom. The molecule has 0 bridgehead atoms. The number of rotatable bonds is 15. The van der Waals surface area contributed by atoms with Gasteiger partial charge in [0.25, 0.3) is 0 Å². The fraction of sp³-hybridized carbons (Fsp3) is 0.191. The Morgan fingerprint density at radius 3 is 1.22 bits per heavy atom. The van der Waals surface area contributed by atoms with E-state index in [0.717, 1.165) is 75.5 Å². The zero-order valence-corrected chi connectivity index (χ0v) is 32.6. The maximum atomic E-state index is 5.41. The minimum absolute atomic E-state index is 0.716. The topological polar surface area (TPSA) is 68.1 Å². The average Bonchev–Trinajstić information content (AvgIpc) is 3.24. The molecule has 0 aliphatic heterocycles. The van der Waals surface area contributed by atoms with Crippen molar-refractivity contribution in [2.24, 2.45) is 10.2 Å². The van der Waals surface area contributed by atoms with Crippen LogP contribution in [0.2, 0.25) is 0 Å². The summed E-state index contributed by atoms with van der Waals surface area (Å²) in [6.45, 7) is 4.81. The number of hydrazone groups is 2. The summed E-state index contributed by atoms with van der Waals surface area (Å²) < 4.78 is 21.4. The summed E-state index contributed by atoms with van der Waals surface area (Å²) >= 11 is 0. The molecule has 0 saturated heterocycles. The standard InChI is InChI=1S/C24H26N2O2.C23H24N2O2/c1-19(16-21-14-15-23(27-2)24(17-21)28-3)25-26(22-12-8-5-9-13-22)18-20-10-6-4-7-11-20;1-18(16-19-14-15-22(26-2)23(17-19)27-3)24-25(20-10-6-4-7-11-20)21-12-8-5-9-13-21/h4-15,17H,16,18H2,1-3H3;4-15,17H,16H2,1-3H3/b25-19+;24-18+. The van der Waals surface area contributed by atoms with Gasteiger partial charge >= 0.3 is 0 Å². The minimum Gasteiger partial charge on any atom is -0.493 e. The fourth-order valence-electron chi connectivity index (χ4n) is 5.96.